The molecule has 0 amide bonds. The number of halogens is 1. The van der Waals surface area contributed by atoms with E-state index >= 15 is 0 Å². The summed E-state index contributed by atoms with van der Waals surface area (Å²) in [7, 11) is -3.90. The van der Waals surface area contributed by atoms with Crippen molar-refractivity contribution in [2.45, 2.75) is 24.3 Å². The van der Waals surface area contributed by atoms with Crippen LogP contribution in [-0.4, -0.2) is 25.5 Å². The average Bonchev–Trinajstić information content (AvgIpc) is 2.47. The largest absolute Gasteiger partial charge is 0.481 e. The van der Waals surface area contributed by atoms with Crippen molar-refractivity contribution in [2.24, 2.45) is 0 Å². The molecule has 0 aliphatic heterocycles. The highest BCUT2D eigenvalue weighted by Crippen LogP contribution is 2.27. The highest BCUT2D eigenvalue weighted by Gasteiger charge is 2.30. The van der Waals surface area contributed by atoms with Crippen LogP contribution in [-0.2, 0) is 14.8 Å². The van der Waals surface area contributed by atoms with E-state index in [1.807, 2.05) is 0 Å². The highest BCUT2D eigenvalue weighted by atomic mass is 35.5. The van der Waals surface area contributed by atoms with Gasteiger partial charge in [0, 0.05) is 5.02 Å². The molecule has 0 fully saturated rings. The van der Waals surface area contributed by atoms with Gasteiger partial charge in [0.1, 0.15) is 0 Å². The van der Waals surface area contributed by atoms with Crippen LogP contribution in [0.2, 0.25) is 5.02 Å². The molecule has 0 saturated carbocycles. The average molecular weight is 354 g/mol. The van der Waals surface area contributed by atoms with Gasteiger partial charge in [-0.2, -0.15) is 0 Å². The van der Waals surface area contributed by atoms with Crippen LogP contribution >= 0.6 is 11.6 Å². The second kappa shape index (κ2) is 7.02. The number of para-hydroxylation sites is 1. The molecule has 2 aromatic carbocycles. The van der Waals surface area contributed by atoms with Gasteiger partial charge in [-0.3, -0.25) is 9.10 Å². The lowest BCUT2D eigenvalue weighted by Crippen LogP contribution is -2.40. The molecule has 1 N–H and O–H groups in total. The topological polar surface area (TPSA) is 74.7 Å². The van der Waals surface area contributed by atoms with E-state index < -0.39 is 22.0 Å². The molecule has 0 bridgehead atoms. The SMILES string of the molecule is C[C@@H](CC(=O)O)N(c1ccccc1)S(=O)(=O)c1ccc(Cl)cc1. The first-order valence-electron chi connectivity index (χ1n) is 6.89. The third-order valence-corrected chi connectivity index (χ3v) is 5.46. The maximum Gasteiger partial charge on any atom is 0.305 e. The van der Waals surface area contributed by atoms with Crippen LogP contribution in [0.25, 0.3) is 0 Å². The van der Waals surface area contributed by atoms with E-state index in [1.54, 1.807) is 37.3 Å². The molecule has 0 saturated heterocycles. The third kappa shape index (κ3) is 4.03. The van der Waals surface area contributed by atoms with Crippen molar-refractivity contribution in [3.63, 3.8) is 0 Å². The molecule has 5 nitrogen and oxygen atoms in total. The summed E-state index contributed by atoms with van der Waals surface area (Å²) in [4.78, 5) is 11.1. The second-order valence-electron chi connectivity index (χ2n) is 5.04. The standard InChI is InChI=1S/C16H16ClNO4S/c1-12(11-16(19)20)18(14-5-3-2-4-6-14)23(21,22)15-9-7-13(17)8-10-15/h2-10,12H,11H2,1H3,(H,19,20)/t12-/m0/s1. The van der Waals surface area contributed by atoms with E-state index in [9.17, 15) is 13.2 Å². The van der Waals surface area contributed by atoms with Gasteiger partial charge in [-0.15, -0.1) is 0 Å². The monoisotopic (exact) mass is 353 g/mol. The molecule has 2 aromatic rings. The summed E-state index contributed by atoms with van der Waals surface area (Å²) in [5.41, 5.74) is 0.413. The molecule has 0 radical (unpaired) electrons. The fraction of sp³-hybridized carbons (Fsp3) is 0.188. The molecule has 2 rings (SSSR count). The van der Waals surface area contributed by atoms with Crippen molar-refractivity contribution in [1.29, 1.82) is 0 Å². The zero-order chi connectivity index (χ0) is 17.0. The molecule has 0 heterocycles. The van der Waals surface area contributed by atoms with Gasteiger partial charge >= 0.3 is 5.97 Å². The van der Waals surface area contributed by atoms with Gasteiger partial charge in [0.15, 0.2) is 0 Å². The summed E-state index contributed by atoms with van der Waals surface area (Å²) in [5.74, 6) is -1.07. The van der Waals surface area contributed by atoms with Crippen LogP contribution in [0.1, 0.15) is 13.3 Å². The Morgan fingerprint density at radius 1 is 1.13 bits per heavy atom. The van der Waals surface area contributed by atoms with Gasteiger partial charge in [-0.25, -0.2) is 8.42 Å². The number of benzene rings is 2. The van der Waals surface area contributed by atoms with E-state index in [2.05, 4.69) is 0 Å². The van der Waals surface area contributed by atoms with Gasteiger partial charge in [0.05, 0.1) is 23.0 Å². The summed E-state index contributed by atoms with van der Waals surface area (Å²) in [6.45, 7) is 1.56. The Bertz CT molecular complexity index is 775. The van der Waals surface area contributed by atoms with Crippen molar-refractivity contribution >= 4 is 33.3 Å². The number of carboxylic acid groups (broad SMARTS) is 1. The van der Waals surface area contributed by atoms with Crippen molar-refractivity contribution in [2.75, 3.05) is 4.31 Å². The van der Waals surface area contributed by atoms with Gasteiger partial charge in [0.2, 0.25) is 0 Å². The molecule has 0 spiro atoms. The maximum atomic E-state index is 13.0. The zero-order valence-corrected chi connectivity index (χ0v) is 14.0. The molecule has 7 heteroatoms. The Morgan fingerprint density at radius 2 is 1.70 bits per heavy atom. The van der Waals surface area contributed by atoms with Crippen LogP contribution in [0.5, 0.6) is 0 Å². The lowest BCUT2D eigenvalue weighted by atomic mass is 10.2. The Labute approximate surface area is 140 Å². The van der Waals surface area contributed by atoms with Crippen molar-refractivity contribution in [1.82, 2.24) is 0 Å². The number of sulfonamides is 1. The quantitative estimate of drug-likeness (QED) is 0.863. The lowest BCUT2D eigenvalue weighted by Gasteiger charge is -2.29. The molecular formula is C16H16ClNO4S. The number of carbonyl (C=O) groups is 1. The first kappa shape index (κ1) is 17.3. The van der Waals surface area contributed by atoms with Crippen LogP contribution in [0.15, 0.2) is 59.5 Å². The van der Waals surface area contributed by atoms with Gasteiger partial charge in [0.25, 0.3) is 10.0 Å². The predicted molar refractivity (Wildman–Crippen MR) is 89.3 cm³/mol. The van der Waals surface area contributed by atoms with Crippen molar-refractivity contribution in [3.05, 3.63) is 59.6 Å². The molecule has 122 valence electrons. The molecule has 0 aliphatic carbocycles. The van der Waals surface area contributed by atoms with Crippen LogP contribution in [0.4, 0.5) is 5.69 Å². The number of anilines is 1. The van der Waals surface area contributed by atoms with Crippen LogP contribution in [0.3, 0.4) is 0 Å². The first-order chi connectivity index (χ1) is 10.8. The maximum absolute atomic E-state index is 13.0. The van der Waals surface area contributed by atoms with Gasteiger partial charge < -0.3 is 5.11 Å². The summed E-state index contributed by atoms with van der Waals surface area (Å²) in [6.07, 6.45) is -0.304. The third-order valence-electron chi connectivity index (χ3n) is 3.25. The normalized spacial score (nSPS) is 12.6. The predicted octanol–water partition coefficient (Wildman–Crippen LogP) is 3.40. The fourth-order valence-corrected chi connectivity index (χ4v) is 4.04. The van der Waals surface area contributed by atoms with E-state index in [-0.39, 0.29) is 11.3 Å². The number of hydrogen-bond acceptors (Lipinski definition) is 3. The van der Waals surface area contributed by atoms with E-state index in [4.69, 9.17) is 16.7 Å². The first-order valence-corrected chi connectivity index (χ1v) is 8.71. The summed E-state index contributed by atoms with van der Waals surface area (Å²) in [6, 6.07) is 13.5. The van der Waals surface area contributed by atoms with Crippen LogP contribution in [0, 0.1) is 0 Å². The van der Waals surface area contributed by atoms with E-state index in [0.29, 0.717) is 10.7 Å². The van der Waals surface area contributed by atoms with Crippen molar-refractivity contribution < 1.29 is 18.3 Å². The Morgan fingerprint density at radius 3 is 2.22 bits per heavy atom. The zero-order valence-electron chi connectivity index (χ0n) is 12.4. The Kier molecular flexibility index (Phi) is 5.28. The number of nitrogens with zero attached hydrogens (tertiary/aromatic N) is 1. The molecule has 0 aliphatic rings. The minimum Gasteiger partial charge on any atom is -0.481 e. The number of hydrogen-bond donors (Lipinski definition) is 1. The minimum atomic E-state index is -3.90. The summed E-state index contributed by atoms with van der Waals surface area (Å²) < 4.78 is 27.0. The molecular weight excluding hydrogens is 338 g/mol. The van der Waals surface area contributed by atoms with E-state index in [0.717, 1.165) is 4.31 Å². The second-order valence-corrected chi connectivity index (χ2v) is 7.29. The molecule has 0 aromatic heterocycles. The Hall–Kier alpha value is -2.05. The smallest absolute Gasteiger partial charge is 0.305 e. The Balaban J connectivity index is 2.52. The molecule has 0 unspecified atom stereocenters. The molecule has 1 atom stereocenters. The highest BCUT2D eigenvalue weighted by molar-refractivity contribution is 7.92. The number of rotatable bonds is 6. The number of aliphatic carboxylic acids is 1. The molecule has 23 heavy (non-hydrogen) atoms. The van der Waals surface area contributed by atoms with Crippen LogP contribution < -0.4 is 4.31 Å². The summed E-state index contributed by atoms with van der Waals surface area (Å²) in [5, 5.41) is 9.44. The lowest BCUT2D eigenvalue weighted by molar-refractivity contribution is -0.137. The van der Waals surface area contributed by atoms with Crippen molar-refractivity contribution in [3.8, 4) is 0 Å². The number of carboxylic acids is 1. The van der Waals surface area contributed by atoms with Gasteiger partial charge in [-0.05, 0) is 43.3 Å². The minimum absolute atomic E-state index is 0.0583. The van der Waals surface area contributed by atoms with E-state index in [1.165, 1.54) is 24.3 Å². The fourth-order valence-electron chi connectivity index (χ4n) is 2.26. The summed E-state index contributed by atoms with van der Waals surface area (Å²) >= 11 is 5.80. The van der Waals surface area contributed by atoms with Gasteiger partial charge in [-0.1, -0.05) is 29.8 Å².